The number of hydrogen-bond acceptors (Lipinski definition) is 5. The van der Waals surface area contributed by atoms with Crippen LogP contribution in [0.2, 0.25) is 10.0 Å². The summed E-state index contributed by atoms with van der Waals surface area (Å²) < 4.78 is 4.80. The first kappa shape index (κ1) is 21.0. The molecule has 1 aliphatic carbocycles. The van der Waals surface area contributed by atoms with Gasteiger partial charge in [-0.2, -0.15) is 0 Å². The molecule has 1 aliphatic rings. The molecule has 0 saturated heterocycles. The van der Waals surface area contributed by atoms with E-state index in [9.17, 15) is 19.2 Å². The smallest absolute Gasteiger partial charge is 0.325 e. The fourth-order valence-corrected chi connectivity index (χ4v) is 2.52. The van der Waals surface area contributed by atoms with Gasteiger partial charge in [0.05, 0.1) is 17.1 Å². The van der Waals surface area contributed by atoms with Crippen LogP contribution < -0.4 is 10.6 Å². The first-order chi connectivity index (χ1) is 12.8. The lowest BCUT2D eigenvalue weighted by Crippen LogP contribution is -2.41. The molecule has 10 heteroatoms. The van der Waals surface area contributed by atoms with Crippen molar-refractivity contribution in [2.24, 2.45) is 0 Å². The van der Waals surface area contributed by atoms with Crippen LogP contribution in [0.25, 0.3) is 0 Å². The molecule has 0 unspecified atom stereocenters. The zero-order valence-corrected chi connectivity index (χ0v) is 16.1. The summed E-state index contributed by atoms with van der Waals surface area (Å²) >= 11 is 11.7. The number of nitrogens with zero attached hydrogens (tertiary/aromatic N) is 1. The number of carbonyl (C=O) groups is 4. The van der Waals surface area contributed by atoms with E-state index in [-0.39, 0.29) is 29.1 Å². The van der Waals surface area contributed by atoms with E-state index in [2.05, 4.69) is 10.6 Å². The lowest BCUT2D eigenvalue weighted by molar-refractivity contribution is -0.151. The Balaban J connectivity index is 1.69. The molecule has 8 nitrogen and oxygen atoms in total. The van der Waals surface area contributed by atoms with E-state index in [0.717, 1.165) is 17.7 Å². The van der Waals surface area contributed by atoms with Crippen molar-refractivity contribution in [3.8, 4) is 0 Å². The van der Waals surface area contributed by atoms with Crippen LogP contribution in [0.15, 0.2) is 18.2 Å². The van der Waals surface area contributed by atoms with Gasteiger partial charge < -0.3 is 20.3 Å². The molecular formula is C17H19Cl2N3O5. The molecular weight excluding hydrogens is 397 g/mol. The molecule has 1 fully saturated rings. The summed E-state index contributed by atoms with van der Waals surface area (Å²) in [6.45, 7) is -1.07. The second-order valence-electron chi connectivity index (χ2n) is 6.06. The minimum Gasteiger partial charge on any atom is -0.454 e. The van der Waals surface area contributed by atoms with Crippen molar-refractivity contribution in [3.05, 3.63) is 33.8 Å². The average molecular weight is 416 g/mol. The number of benzene rings is 1. The Hall–Kier alpha value is -2.32. The van der Waals surface area contributed by atoms with E-state index in [1.54, 1.807) is 0 Å². The Labute approximate surface area is 166 Å². The third-order valence-electron chi connectivity index (χ3n) is 3.67. The van der Waals surface area contributed by atoms with Gasteiger partial charge in [-0.3, -0.25) is 19.2 Å². The molecule has 2 N–H and O–H groups in total. The van der Waals surface area contributed by atoms with Crippen molar-refractivity contribution in [2.45, 2.75) is 18.9 Å². The maximum Gasteiger partial charge on any atom is 0.325 e. The van der Waals surface area contributed by atoms with E-state index >= 15 is 0 Å². The SMILES string of the molecule is CN(CC(=O)NC1CC1)C(=O)COC(=O)CNC(=O)c1ccc(Cl)cc1Cl. The minimum absolute atomic E-state index is 0.112. The summed E-state index contributed by atoms with van der Waals surface area (Å²) in [7, 11) is 1.44. The normalized spacial score (nSPS) is 12.9. The van der Waals surface area contributed by atoms with Gasteiger partial charge in [0.15, 0.2) is 6.61 Å². The molecule has 0 spiro atoms. The summed E-state index contributed by atoms with van der Waals surface area (Å²) in [4.78, 5) is 48.3. The van der Waals surface area contributed by atoms with Gasteiger partial charge in [-0.25, -0.2) is 0 Å². The first-order valence-electron chi connectivity index (χ1n) is 8.18. The van der Waals surface area contributed by atoms with Crippen LogP contribution >= 0.6 is 23.2 Å². The van der Waals surface area contributed by atoms with Crippen LogP contribution in [0.4, 0.5) is 0 Å². The van der Waals surface area contributed by atoms with Crippen molar-refractivity contribution in [1.29, 1.82) is 0 Å². The quantitative estimate of drug-likeness (QED) is 0.616. The van der Waals surface area contributed by atoms with Crippen LogP contribution in [0, 0.1) is 0 Å². The van der Waals surface area contributed by atoms with Gasteiger partial charge in [-0.05, 0) is 31.0 Å². The number of carbonyl (C=O) groups excluding carboxylic acids is 4. The average Bonchev–Trinajstić information content (AvgIpc) is 3.41. The lowest BCUT2D eigenvalue weighted by atomic mass is 10.2. The van der Waals surface area contributed by atoms with Crippen LogP contribution in [0.3, 0.4) is 0 Å². The second kappa shape index (κ2) is 9.57. The van der Waals surface area contributed by atoms with Crippen molar-refractivity contribution >= 4 is 46.9 Å². The number of likely N-dealkylation sites (N-methyl/N-ethyl adjacent to an activating group) is 1. The summed E-state index contributed by atoms with van der Waals surface area (Å²) in [6.07, 6.45) is 1.90. The molecule has 2 rings (SSSR count). The number of esters is 1. The Bertz CT molecular complexity index is 752. The molecule has 0 bridgehead atoms. The largest absolute Gasteiger partial charge is 0.454 e. The van der Waals surface area contributed by atoms with E-state index in [1.807, 2.05) is 0 Å². The maximum atomic E-state index is 12.0. The predicted octanol–water partition coefficient (Wildman–Crippen LogP) is 1.00. The van der Waals surface area contributed by atoms with E-state index in [1.165, 1.54) is 25.2 Å². The van der Waals surface area contributed by atoms with Gasteiger partial charge in [0.1, 0.15) is 6.54 Å². The molecule has 0 aliphatic heterocycles. The molecule has 1 aromatic carbocycles. The first-order valence-corrected chi connectivity index (χ1v) is 8.94. The molecule has 0 aromatic heterocycles. The molecule has 0 heterocycles. The number of hydrogen-bond donors (Lipinski definition) is 2. The van der Waals surface area contributed by atoms with Crippen molar-refractivity contribution in [3.63, 3.8) is 0 Å². The fourth-order valence-electron chi connectivity index (χ4n) is 2.03. The third kappa shape index (κ3) is 7.07. The molecule has 27 heavy (non-hydrogen) atoms. The Morgan fingerprint density at radius 3 is 2.56 bits per heavy atom. The summed E-state index contributed by atoms with van der Waals surface area (Å²) in [5.74, 6) is -2.15. The zero-order valence-electron chi connectivity index (χ0n) is 14.6. The standard InChI is InChI=1S/C17H19Cl2N3O5/c1-22(8-14(23)21-11-3-4-11)15(24)9-27-16(25)7-20-17(26)12-5-2-10(18)6-13(12)19/h2,5-6,11H,3-4,7-9H2,1H3,(H,20,26)(H,21,23). The van der Waals surface area contributed by atoms with Gasteiger partial charge in [-0.1, -0.05) is 23.2 Å². The van der Waals surface area contributed by atoms with Crippen molar-refractivity contribution in [1.82, 2.24) is 15.5 Å². The highest BCUT2D eigenvalue weighted by molar-refractivity contribution is 6.36. The number of rotatable bonds is 8. The summed E-state index contributed by atoms with van der Waals surface area (Å²) in [6, 6.07) is 4.53. The summed E-state index contributed by atoms with van der Waals surface area (Å²) in [5.41, 5.74) is 0.159. The van der Waals surface area contributed by atoms with Gasteiger partial charge in [0.2, 0.25) is 5.91 Å². The number of amides is 3. The lowest BCUT2D eigenvalue weighted by Gasteiger charge is -2.16. The van der Waals surface area contributed by atoms with Gasteiger partial charge in [0, 0.05) is 18.1 Å². The Morgan fingerprint density at radius 2 is 1.93 bits per heavy atom. The topological polar surface area (TPSA) is 105 Å². The molecule has 0 radical (unpaired) electrons. The molecule has 0 atom stereocenters. The van der Waals surface area contributed by atoms with Crippen molar-refractivity contribution < 1.29 is 23.9 Å². The number of nitrogens with one attached hydrogen (secondary N) is 2. The van der Waals surface area contributed by atoms with Gasteiger partial charge >= 0.3 is 5.97 Å². The predicted molar refractivity (Wildman–Crippen MR) is 98.6 cm³/mol. The van der Waals surface area contributed by atoms with Crippen LogP contribution in [-0.2, 0) is 19.1 Å². The summed E-state index contributed by atoms with van der Waals surface area (Å²) in [5, 5.41) is 5.62. The fraction of sp³-hybridized carbons (Fsp3) is 0.412. The molecule has 1 aromatic rings. The maximum absolute atomic E-state index is 12.0. The Morgan fingerprint density at radius 1 is 1.22 bits per heavy atom. The Kier molecular flexibility index (Phi) is 7.44. The highest BCUT2D eigenvalue weighted by Crippen LogP contribution is 2.20. The van der Waals surface area contributed by atoms with Gasteiger partial charge in [-0.15, -0.1) is 0 Å². The minimum atomic E-state index is -0.794. The molecule has 3 amide bonds. The monoisotopic (exact) mass is 415 g/mol. The molecule has 1 saturated carbocycles. The van der Waals surface area contributed by atoms with E-state index < -0.39 is 30.9 Å². The zero-order chi connectivity index (χ0) is 20.0. The third-order valence-corrected chi connectivity index (χ3v) is 4.22. The van der Waals surface area contributed by atoms with Crippen molar-refractivity contribution in [2.75, 3.05) is 26.7 Å². The van der Waals surface area contributed by atoms with E-state index in [4.69, 9.17) is 27.9 Å². The number of halogens is 2. The highest BCUT2D eigenvalue weighted by Gasteiger charge is 2.24. The van der Waals surface area contributed by atoms with Crippen LogP contribution in [0.1, 0.15) is 23.2 Å². The second-order valence-corrected chi connectivity index (χ2v) is 6.90. The van der Waals surface area contributed by atoms with Gasteiger partial charge in [0.25, 0.3) is 11.8 Å². The highest BCUT2D eigenvalue weighted by atomic mass is 35.5. The van der Waals surface area contributed by atoms with Crippen LogP contribution in [0.5, 0.6) is 0 Å². The number of ether oxygens (including phenoxy) is 1. The van der Waals surface area contributed by atoms with Crippen LogP contribution in [-0.4, -0.2) is 61.4 Å². The van der Waals surface area contributed by atoms with E-state index in [0.29, 0.717) is 5.02 Å². The molecule has 146 valence electrons.